The average Bonchev–Trinajstić information content (AvgIpc) is 2.92. The third kappa shape index (κ3) is 6.93. The first kappa shape index (κ1) is 29.0. The molecule has 0 bridgehead atoms. The zero-order chi connectivity index (χ0) is 29.0. The van der Waals surface area contributed by atoms with Gasteiger partial charge in [0, 0.05) is 27.3 Å². The minimum atomic E-state index is -1.12. The number of aromatic hydroxyl groups is 3. The van der Waals surface area contributed by atoms with E-state index in [0.29, 0.717) is 16.9 Å². The van der Waals surface area contributed by atoms with E-state index in [-0.39, 0.29) is 52.2 Å². The fourth-order valence-electron chi connectivity index (χ4n) is 3.78. The molecule has 0 heterocycles. The predicted molar refractivity (Wildman–Crippen MR) is 153 cm³/mol. The largest absolute Gasteiger partial charge is 0.508 e. The number of phenols is 3. The number of benzene rings is 4. The molecule has 0 radical (unpaired) electrons. The van der Waals surface area contributed by atoms with Crippen molar-refractivity contribution in [1.82, 2.24) is 0 Å². The molecule has 0 aliphatic rings. The minimum Gasteiger partial charge on any atom is -0.508 e. The Bertz CT molecular complexity index is 1540. The molecule has 4 aromatic rings. The molecule has 0 saturated carbocycles. The van der Waals surface area contributed by atoms with Crippen LogP contribution in [-0.4, -0.2) is 39.4 Å². The molecule has 1 unspecified atom stereocenters. The number of ketones is 1. The van der Waals surface area contributed by atoms with Gasteiger partial charge in [-0.05, 0) is 96.1 Å². The van der Waals surface area contributed by atoms with Crippen LogP contribution >= 0.6 is 22.6 Å². The first-order chi connectivity index (χ1) is 19.0. The van der Waals surface area contributed by atoms with Crippen molar-refractivity contribution in [1.29, 1.82) is 0 Å². The van der Waals surface area contributed by atoms with Crippen LogP contribution in [0.4, 0.5) is 4.39 Å². The highest BCUT2D eigenvalue weighted by Crippen LogP contribution is 2.36. The summed E-state index contributed by atoms with van der Waals surface area (Å²) in [4.78, 5) is 12.4. The molecule has 0 amide bonds. The number of carbonyl (C=O) groups excluding carboxylic acids is 1. The van der Waals surface area contributed by atoms with E-state index >= 15 is 0 Å². The van der Waals surface area contributed by atoms with Gasteiger partial charge >= 0.3 is 0 Å². The van der Waals surface area contributed by atoms with Gasteiger partial charge in [0.15, 0.2) is 18.2 Å². The number of hydrogen-bond donors (Lipinski definition) is 4. The number of Topliss-reactive ketones (excluding diaryl/α,β-unsaturated/α-hetero) is 1. The van der Waals surface area contributed by atoms with Gasteiger partial charge in [0.1, 0.15) is 47.2 Å². The van der Waals surface area contributed by atoms with E-state index in [1.165, 1.54) is 30.3 Å². The summed E-state index contributed by atoms with van der Waals surface area (Å²) in [5.41, 5.74) is 1.16. The molecule has 0 spiro atoms. The Morgan fingerprint density at radius 2 is 1.52 bits per heavy atom. The first-order valence-corrected chi connectivity index (χ1v) is 13.2. The quantitative estimate of drug-likeness (QED) is 0.115. The Kier molecular flexibility index (Phi) is 9.00. The second-order valence-corrected chi connectivity index (χ2v) is 10.3. The molecular formula is C30H26FIO8. The fourth-order valence-corrected chi connectivity index (χ4v) is 4.14. The molecule has 10 heteroatoms. The van der Waals surface area contributed by atoms with E-state index < -0.39 is 24.3 Å². The SMILES string of the molecule is Cc1cc(C(=O)COc2ccc(Oc3cc(O)c(C(O)COc4ccc(I)cc4)cc3C)c(F)c2)c(O)cc1O. The van der Waals surface area contributed by atoms with E-state index in [4.69, 9.17) is 14.2 Å². The van der Waals surface area contributed by atoms with Gasteiger partial charge in [-0.3, -0.25) is 4.79 Å². The highest BCUT2D eigenvalue weighted by atomic mass is 127. The molecule has 1 atom stereocenters. The van der Waals surface area contributed by atoms with Gasteiger partial charge in [0.2, 0.25) is 5.78 Å². The summed E-state index contributed by atoms with van der Waals surface area (Å²) < 4.78 is 32.5. The Morgan fingerprint density at radius 1 is 0.825 bits per heavy atom. The Labute approximate surface area is 243 Å². The zero-order valence-corrected chi connectivity index (χ0v) is 23.7. The molecule has 0 aliphatic carbocycles. The van der Waals surface area contributed by atoms with Crippen molar-refractivity contribution in [3.63, 3.8) is 0 Å². The lowest BCUT2D eigenvalue weighted by Gasteiger charge is -2.17. The molecule has 40 heavy (non-hydrogen) atoms. The smallest absolute Gasteiger partial charge is 0.203 e. The van der Waals surface area contributed by atoms with Gasteiger partial charge in [0.05, 0.1) is 5.56 Å². The summed E-state index contributed by atoms with van der Waals surface area (Å²) >= 11 is 2.17. The zero-order valence-electron chi connectivity index (χ0n) is 21.5. The molecule has 4 aromatic carbocycles. The van der Waals surface area contributed by atoms with Crippen molar-refractivity contribution in [3.05, 3.63) is 98.4 Å². The van der Waals surface area contributed by atoms with Crippen LogP contribution in [-0.2, 0) is 0 Å². The number of rotatable bonds is 10. The third-order valence-electron chi connectivity index (χ3n) is 6.01. The summed E-state index contributed by atoms with van der Waals surface area (Å²) in [6, 6.07) is 16.3. The standard InChI is InChI=1S/C30H26FIO8/c1-16-9-21(25(34)12-24(16)33)28(37)15-39-20-7-8-29(23(31)11-20)40-30-13-26(35)22(10-17(30)2)27(36)14-38-19-5-3-18(32)4-6-19/h3-13,27,33-36H,14-15H2,1-2H3. The lowest BCUT2D eigenvalue weighted by Crippen LogP contribution is -2.12. The molecule has 0 aliphatic heterocycles. The van der Waals surface area contributed by atoms with Crippen molar-refractivity contribution in [2.75, 3.05) is 13.2 Å². The normalized spacial score (nSPS) is 11.6. The Morgan fingerprint density at radius 3 is 2.23 bits per heavy atom. The van der Waals surface area contributed by atoms with Gasteiger partial charge in [-0.1, -0.05) is 0 Å². The Balaban J connectivity index is 1.39. The summed E-state index contributed by atoms with van der Waals surface area (Å²) in [6.07, 6.45) is -1.12. The van der Waals surface area contributed by atoms with Crippen molar-refractivity contribution in [2.24, 2.45) is 0 Å². The maximum Gasteiger partial charge on any atom is 0.203 e. The number of aliphatic hydroxyl groups is 1. The number of carbonyl (C=O) groups is 1. The van der Waals surface area contributed by atoms with Gasteiger partial charge in [-0.25, -0.2) is 4.39 Å². The highest BCUT2D eigenvalue weighted by molar-refractivity contribution is 14.1. The van der Waals surface area contributed by atoms with Gasteiger partial charge in [-0.2, -0.15) is 0 Å². The van der Waals surface area contributed by atoms with E-state index in [9.17, 15) is 29.6 Å². The lowest BCUT2D eigenvalue weighted by atomic mass is 10.0. The summed E-state index contributed by atoms with van der Waals surface area (Å²) in [5, 5.41) is 40.6. The van der Waals surface area contributed by atoms with Crippen LogP contribution in [0.1, 0.15) is 33.2 Å². The van der Waals surface area contributed by atoms with Gasteiger partial charge < -0.3 is 34.6 Å². The van der Waals surface area contributed by atoms with Crippen LogP contribution in [0.3, 0.4) is 0 Å². The summed E-state index contributed by atoms with van der Waals surface area (Å²) in [7, 11) is 0. The van der Waals surface area contributed by atoms with Crippen molar-refractivity contribution in [2.45, 2.75) is 20.0 Å². The molecule has 0 saturated heterocycles. The van der Waals surface area contributed by atoms with Crippen molar-refractivity contribution >= 4 is 28.4 Å². The van der Waals surface area contributed by atoms with Gasteiger partial charge in [0.25, 0.3) is 0 Å². The summed E-state index contributed by atoms with van der Waals surface area (Å²) in [6.45, 7) is 2.71. The minimum absolute atomic E-state index is 0.0269. The van der Waals surface area contributed by atoms with E-state index in [0.717, 1.165) is 15.7 Å². The highest BCUT2D eigenvalue weighted by Gasteiger charge is 2.19. The number of phenolic OH excluding ortho intramolecular Hbond substituents is 3. The second-order valence-electron chi connectivity index (χ2n) is 9.02. The van der Waals surface area contributed by atoms with Crippen LogP contribution < -0.4 is 14.2 Å². The number of halogens is 2. The molecular weight excluding hydrogens is 634 g/mol. The number of ether oxygens (including phenoxy) is 3. The van der Waals surface area contributed by atoms with Crippen LogP contribution in [0, 0.1) is 23.2 Å². The molecule has 4 rings (SSSR count). The van der Waals surface area contributed by atoms with Gasteiger partial charge in [-0.15, -0.1) is 0 Å². The number of hydrogen-bond acceptors (Lipinski definition) is 8. The molecule has 0 fully saturated rings. The lowest BCUT2D eigenvalue weighted by molar-refractivity contribution is 0.0918. The monoisotopic (exact) mass is 660 g/mol. The fraction of sp³-hybridized carbons (Fsp3) is 0.167. The second kappa shape index (κ2) is 12.4. The third-order valence-corrected chi connectivity index (χ3v) is 6.73. The maximum absolute atomic E-state index is 14.8. The predicted octanol–water partition coefficient (Wildman–Crippen LogP) is 6.33. The van der Waals surface area contributed by atoms with Crippen LogP contribution in [0.5, 0.6) is 40.2 Å². The van der Waals surface area contributed by atoms with Crippen LogP contribution in [0.15, 0.2) is 66.7 Å². The molecule has 4 N–H and O–H groups in total. The Hall–Kier alpha value is -4.03. The van der Waals surface area contributed by atoms with E-state index in [1.54, 1.807) is 26.0 Å². The number of aliphatic hydroxyl groups excluding tert-OH is 1. The van der Waals surface area contributed by atoms with Crippen LogP contribution in [0.25, 0.3) is 0 Å². The maximum atomic E-state index is 14.8. The average molecular weight is 660 g/mol. The first-order valence-electron chi connectivity index (χ1n) is 12.1. The van der Waals surface area contributed by atoms with Crippen molar-refractivity contribution < 1.29 is 43.8 Å². The number of aryl methyl sites for hydroxylation is 2. The summed E-state index contributed by atoms with van der Waals surface area (Å²) in [5.74, 6) is -1.45. The topological polar surface area (TPSA) is 126 Å². The van der Waals surface area contributed by atoms with E-state index in [2.05, 4.69) is 22.6 Å². The molecule has 208 valence electrons. The van der Waals surface area contributed by atoms with E-state index in [1.807, 2.05) is 12.1 Å². The van der Waals surface area contributed by atoms with Crippen LogP contribution in [0.2, 0.25) is 0 Å². The molecule has 0 aromatic heterocycles. The molecule has 8 nitrogen and oxygen atoms in total. The van der Waals surface area contributed by atoms with Crippen molar-refractivity contribution in [3.8, 4) is 40.2 Å².